The average molecular weight is 439 g/mol. The van der Waals surface area contributed by atoms with Crippen LogP contribution in [-0.4, -0.2) is 33.5 Å². The molecular formula is C23H26N4O3S. The fourth-order valence-corrected chi connectivity index (χ4v) is 3.70. The van der Waals surface area contributed by atoms with Crippen molar-refractivity contribution < 1.29 is 14.3 Å². The van der Waals surface area contributed by atoms with Gasteiger partial charge in [-0.25, -0.2) is 0 Å². The van der Waals surface area contributed by atoms with Crippen LogP contribution in [0, 0.1) is 13.8 Å². The van der Waals surface area contributed by atoms with Crippen LogP contribution in [0.15, 0.2) is 60.3 Å². The highest BCUT2D eigenvalue weighted by molar-refractivity contribution is 7.99. The normalized spacial score (nSPS) is 10.5. The molecule has 1 N–H and O–H groups in total. The monoisotopic (exact) mass is 438 g/mol. The Morgan fingerprint density at radius 3 is 2.74 bits per heavy atom. The summed E-state index contributed by atoms with van der Waals surface area (Å²) in [7, 11) is 1.58. The van der Waals surface area contributed by atoms with Crippen molar-refractivity contribution in [1.82, 2.24) is 14.8 Å². The summed E-state index contributed by atoms with van der Waals surface area (Å²) in [6.07, 6.45) is 1.77. The van der Waals surface area contributed by atoms with Crippen LogP contribution in [0.25, 0.3) is 0 Å². The molecule has 0 saturated carbocycles. The molecule has 0 bridgehead atoms. The van der Waals surface area contributed by atoms with Crippen molar-refractivity contribution in [3.05, 3.63) is 72.1 Å². The summed E-state index contributed by atoms with van der Waals surface area (Å²) in [6.45, 7) is 8.58. The van der Waals surface area contributed by atoms with Gasteiger partial charge in [0.1, 0.15) is 18.1 Å². The summed E-state index contributed by atoms with van der Waals surface area (Å²) in [6, 6.07) is 13.5. The molecule has 0 aliphatic carbocycles. The van der Waals surface area contributed by atoms with Gasteiger partial charge in [0, 0.05) is 6.54 Å². The molecule has 7 nitrogen and oxygen atoms in total. The molecule has 162 valence electrons. The quantitative estimate of drug-likeness (QED) is 0.373. The first-order valence-corrected chi connectivity index (χ1v) is 10.8. The van der Waals surface area contributed by atoms with Gasteiger partial charge in [0.05, 0.1) is 18.6 Å². The maximum absolute atomic E-state index is 12.5. The number of rotatable bonds is 10. The van der Waals surface area contributed by atoms with Crippen molar-refractivity contribution in [3.8, 4) is 11.5 Å². The molecule has 3 aromatic rings. The third-order valence-corrected chi connectivity index (χ3v) is 5.39. The molecule has 1 aromatic heterocycles. The van der Waals surface area contributed by atoms with Gasteiger partial charge < -0.3 is 14.8 Å². The fraction of sp³-hybridized carbons (Fsp3) is 0.261. The predicted molar refractivity (Wildman–Crippen MR) is 123 cm³/mol. The summed E-state index contributed by atoms with van der Waals surface area (Å²) in [5.74, 6) is 2.10. The van der Waals surface area contributed by atoms with Crippen LogP contribution in [0.5, 0.6) is 11.5 Å². The van der Waals surface area contributed by atoms with Crippen molar-refractivity contribution in [1.29, 1.82) is 0 Å². The molecule has 0 atom stereocenters. The van der Waals surface area contributed by atoms with Crippen LogP contribution in [-0.2, 0) is 17.9 Å². The lowest BCUT2D eigenvalue weighted by atomic mass is 10.2. The first kappa shape index (κ1) is 22.4. The first-order valence-electron chi connectivity index (χ1n) is 9.80. The number of benzene rings is 2. The SMILES string of the molecule is C=CCn1c(COc2cccc(C)c2)nnc1SCC(=O)Nc1cc(C)ccc1OC. The van der Waals surface area contributed by atoms with E-state index in [9.17, 15) is 4.79 Å². The largest absolute Gasteiger partial charge is 0.495 e. The first-order chi connectivity index (χ1) is 15.0. The van der Waals surface area contributed by atoms with E-state index in [0.29, 0.717) is 29.0 Å². The lowest BCUT2D eigenvalue weighted by Crippen LogP contribution is -2.15. The van der Waals surface area contributed by atoms with Gasteiger partial charge in [0.25, 0.3) is 0 Å². The topological polar surface area (TPSA) is 78.3 Å². The zero-order valence-electron chi connectivity index (χ0n) is 17.9. The molecule has 0 saturated heterocycles. The molecule has 0 aliphatic rings. The Morgan fingerprint density at radius 1 is 1.19 bits per heavy atom. The Bertz CT molecular complexity index is 1060. The lowest BCUT2D eigenvalue weighted by Gasteiger charge is -2.11. The molecule has 1 amide bonds. The van der Waals surface area contributed by atoms with Crippen LogP contribution in [0.1, 0.15) is 17.0 Å². The van der Waals surface area contributed by atoms with Gasteiger partial charge in [0.2, 0.25) is 5.91 Å². The van der Waals surface area contributed by atoms with Gasteiger partial charge in [-0.05, 0) is 49.2 Å². The molecule has 3 rings (SSSR count). The number of allylic oxidation sites excluding steroid dienone is 1. The number of aryl methyl sites for hydroxylation is 2. The fourth-order valence-electron chi connectivity index (χ4n) is 2.93. The minimum atomic E-state index is -0.153. The number of aromatic nitrogens is 3. The minimum Gasteiger partial charge on any atom is -0.495 e. The van der Waals surface area contributed by atoms with Crippen molar-refractivity contribution in [3.63, 3.8) is 0 Å². The Morgan fingerprint density at radius 2 is 2.00 bits per heavy atom. The van der Waals surface area contributed by atoms with Crippen LogP contribution < -0.4 is 14.8 Å². The van der Waals surface area contributed by atoms with E-state index in [2.05, 4.69) is 22.1 Å². The zero-order valence-corrected chi connectivity index (χ0v) is 18.7. The van der Waals surface area contributed by atoms with E-state index in [1.807, 2.05) is 60.9 Å². The van der Waals surface area contributed by atoms with E-state index >= 15 is 0 Å². The molecule has 0 spiro atoms. The van der Waals surface area contributed by atoms with Crippen molar-refractivity contribution in [2.75, 3.05) is 18.2 Å². The number of methoxy groups -OCH3 is 1. The summed E-state index contributed by atoms with van der Waals surface area (Å²) in [4.78, 5) is 12.5. The Hall–Kier alpha value is -3.26. The second-order valence-electron chi connectivity index (χ2n) is 6.94. The Kier molecular flexibility index (Phi) is 7.72. The average Bonchev–Trinajstić information content (AvgIpc) is 3.13. The van der Waals surface area contributed by atoms with Gasteiger partial charge in [-0.1, -0.05) is 36.0 Å². The van der Waals surface area contributed by atoms with E-state index in [1.165, 1.54) is 11.8 Å². The highest BCUT2D eigenvalue weighted by atomic mass is 32.2. The molecule has 1 heterocycles. The van der Waals surface area contributed by atoms with Crippen LogP contribution in [0.4, 0.5) is 5.69 Å². The minimum absolute atomic E-state index is 0.153. The second-order valence-corrected chi connectivity index (χ2v) is 7.89. The molecule has 0 unspecified atom stereocenters. The maximum atomic E-state index is 12.5. The summed E-state index contributed by atoms with van der Waals surface area (Å²) < 4.78 is 13.1. The highest BCUT2D eigenvalue weighted by Gasteiger charge is 2.15. The number of carbonyl (C=O) groups is 1. The molecule has 31 heavy (non-hydrogen) atoms. The number of hydrogen-bond donors (Lipinski definition) is 1. The van der Waals surface area contributed by atoms with Crippen molar-refractivity contribution in [2.24, 2.45) is 0 Å². The number of carbonyl (C=O) groups excluding carboxylic acids is 1. The second kappa shape index (κ2) is 10.7. The number of hydrogen-bond acceptors (Lipinski definition) is 6. The number of anilines is 1. The number of nitrogens with one attached hydrogen (secondary N) is 1. The zero-order chi connectivity index (χ0) is 22.2. The van der Waals surface area contributed by atoms with Gasteiger partial charge in [-0.2, -0.15) is 0 Å². The molecule has 0 fully saturated rings. The third-order valence-electron chi connectivity index (χ3n) is 4.42. The van der Waals surface area contributed by atoms with Gasteiger partial charge >= 0.3 is 0 Å². The summed E-state index contributed by atoms with van der Waals surface area (Å²) in [5, 5.41) is 12.0. The Labute approximate surface area is 186 Å². The predicted octanol–water partition coefficient (Wildman–Crippen LogP) is 4.40. The molecule has 2 aromatic carbocycles. The third kappa shape index (κ3) is 6.11. The van der Waals surface area contributed by atoms with E-state index in [-0.39, 0.29) is 18.3 Å². The standard InChI is InChI=1S/C23H26N4O3S/c1-5-11-27-21(14-30-18-8-6-7-16(2)12-18)25-26-23(27)31-15-22(28)24-19-13-17(3)9-10-20(19)29-4/h5-10,12-13H,1,11,14-15H2,2-4H3,(H,24,28). The highest BCUT2D eigenvalue weighted by Crippen LogP contribution is 2.26. The van der Waals surface area contributed by atoms with Gasteiger partial charge in [-0.3, -0.25) is 9.36 Å². The Balaban J connectivity index is 1.64. The number of ether oxygens (including phenoxy) is 2. The number of thioether (sulfide) groups is 1. The van der Waals surface area contributed by atoms with E-state index in [0.717, 1.165) is 16.9 Å². The van der Waals surface area contributed by atoms with Gasteiger partial charge in [-0.15, -0.1) is 16.8 Å². The van der Waals surface area contributed by atoms with Crippen molar-refractivity contribution >= 4 is 23.4 Å². The van der Waals surface area contributed by atoms with Crippen molar-refractivity contribution in [2.45, 2.75) is 32.2 Å². The molecule has 8 heteroatoms. The summed E-state index contributed by atoms with van der Waals surface area (Å²) >= 11 is 1.31. The smallest absolute Gasteiger partial charge is 0.234 e. The maximum Gasteiger partial charge on any atom is 0.234 e. The number of nitrogens with zero attached hydrogens (tertiary/aromatic N) is 3. The van der Waals surface area contributed by atoms with Crippen LogP contribution in [0.3, 0.4) is 0 Å². The van der Waals surface area contributed by atoms with Gasteiger partial charge in [0.15, 0.2) is 11.0 Å². The van der Waals surface area contributed by atoms with Crippen LogP contribution >= 0.6 is 11.8 Å². The van der Waals surface area contributed by atoms with Crippen LogP contribution in [0.2, 0.25) is 0 Å². The molecule has 0 aliphatic heterocycles. The lowest BCUT2D eigenvalue weighted by molar-refractivity contribution is -0.113. The van der Waals surface area contributed by atoms with E-state index < -0.39 is 0 Å². The number of amides is 1. The summed E-state index contributed by atoms with van der Waals surface area (Å²) in [5.41, 5.74) is 2.80. The molecular weight excluding hydrogens is 412 g/mol. The van der Waals surface area contributed by atoms with E-state index in [4.69, 9.17) is 9.47 Å². The van der Waals surface area contributed by atoms with E-state index in [1.54, 1.807) is 13.2 Å². The molecule has 0 radical (unpaired) electrons.